The number of nitrogens with one attached hydrogen (secondary N) is 1. The minimum atomic E-state index is -0.497. The second kappa shape index (κ2) is 7.74. The van der Waals surface area contributed by atoms with Crippen LogP contribution >= 0.6 is 34.8 Å². The van der Waals surface area contributed by atoms with E-state index in [1.165, 1.54) is 12.1 Å². The molecule has 0 aliphatic rings. The number of para-hydroxylation sites is 3. The Morgan fingerprint density at radius 3 is 2.28 bits per heavy atom. The van der Waals surface area contributed by atoms with Crippen molar-refractivity contribution < 1.29 is 9.53 Å². The van der Waals surface area contributed by atoms with Crippen LogP contribution in [-0.2, 0) is 0 Å². The zero-order valence-electron chi connectivity index (χ0n) is 12.7. The van der Waals surface area contributed by atoms with Gasteiger partial charge in [0.2, 0.25) is 0 Å². The number of benzene rings is 2. The summed E-state index contributed by atoms with van der Waals surface area (Å²) in [5, 5.41) is 3.56. The van der Waals surface area contributed by atoms with Crippen molar-refractivity contribution in [1.82, 2.24) is 4.98 Å². The number of carbonyl (C=O) groups excluding carboxylic acids is 1. The highest BCUT2D eigenvalue weighted by Gasteiger charge is 2.16. The summed E-state index contributed by atoms with van der Waals surface area (Å²) in [5.74, 6) is 0.412. The van der Waals surface area contributed by atoms with Crippen LogP contribution in [0.3, 0.4) is 0 Å². The Kier molecular flexibility index (Phi) is 5.43. The molecule has 0 spiro atoms. The van der Waals surface area contributed by atoms with E-state index in [9.17, 15) is 4.79 Å². The van der Waals surface area contributed by atoms with Gasteiger partial charge in [0, 0.05) is 0 Å². The lowest BCUT2D eigenvalue weighted by atomic mass is 10.2. The average Bonchev–Trinajstić information content (AvgIpc) is 2.60. The molecule has 1 aromatic heterocycles. The average molecular weight is 394 g/mol. The third kappa shape index (κ3) is 4.23. The maximum Gasteiger partial charge on any atom is 0.275 e. The Morgan fingerprint density at radius 1 is 0.840 bits per heavy atom. The lowest BCUT2D eigenvalue weighted by molar-refractivity contribution is 0.102. The zero-order valence-corrected chi connectivity index (χ0v) is 14.9. The summed E-state index contributed by atoms with van der Waals surface area (Å²) in [6.45, 7) is 0. The van der Waals surface area contributed by atoms with E-state index >= 15 is 0 Å². The number of nitrogens with zero attached hydrogens (tertiary/aromatic N) is 1. The molecule has 0 atom stereocenters. The standard InChI is InChI=1S/C18H11Cl3N2O2/c19-11-5-1-3-7-14(11)25-15-8-4-2-6-13(15)22-18(24)17-12(20)9-10-16(21)23-17/h1-10H,(H,22,24). The number of halogens is 3. The number of rotatable bonds is 4. The maximum atomic E-state index is 12.5. The van der Waals surface area contributed by atoms with E-state index in [1.54, 1.807) is 48.5 Å². The van der Waals surface area contributed by atoms with Gasteiger partial charge in [-0.2, -0.15) is 0 Å². The minimum absolute atomic E-state index is 0.0294. The number of anilines is 1. The SMILES string of the molecule is O=C(Nc1ccccc1Oc1ccccc1Cl)c1nc(Cl)ccc1Cl. The number of aromatic nitrogens is 1. The van der Waals surface area contributed by atoms with Crippen molar-refractivity contribution in [1.29, 1.82) is 0 Å². The summed E-state index contributed by atoms with van der Waals surface area (Å²) < 4.78 is 5.80. The Hall–Kier alpha value is -2.27. The fraction of sp³-hybridized carbons (Fsp3) is 0. The first-order chi connectivity index (χ1) is 12.0. The maximum absolute atomic E-state index is 12.5. The molecular formula is C18H11Cl3N2O2. The highest BCUT2D eigenvalue weighted by molar-refractivity contribution is 6.35. The van der Waals surface area contributed by atoms with Crippen LogP contribution in [0.15, 0.2) is 60.7 Å². The van der Waals surface area contributed by atoms with E-state index in [4.69, 9.17) is 39.5 Å². The largest absolute Gasteiger partial charge is 0.454 e. The summed E-state index contributed by atoms with van der Waals surface area (Å²) in [5.41, 5.74) is 0.479. The van der Waals surface area contributed by atoms with Gasteiger partial charge in [0.25, 0.3) is 5.91 Å². The molecule has 0 saturated carbocycles. The van der Waals surface area contributed by atoms with E-state index in [0.29, 0.717) is 22.2 Å². The molecule has 7 heteroatoms. The number of ether oxygens (including phenoxy) is 1. The molecule has 0 radical (unpaired) electrons. The second-order valence-electron chi connectivity index (χ2n) is 4.95. The molecule has 0 fully saturated rings. The first-order valence-electron chi connectivity index (χ1n) is 7.19. The Balaban J connectivity index is 1.87. The third-order valence-electron chi connectivity index (χ3n) is 3.22. The molecule has 0 saturated heterocycles. The van der Waals surface area contributed by atoms with Gasteiger partial charge in [0.1, 0.15) is 16.6 Å². The van der Waals surface area contributed by atoms with Gasteiger partial charge in [0.05, 0.1) is 15.7 Å². The fourth-order valence-corrected chi connectivity index (χ4v) is 2.58. The van der Waals surface area contributed by atoms with Crippen LogP contribution in [0.5, 0.6) is 11.5 Å². The van der Waals surface area contributed by atoms with Crippen molar-refractivity contribution in [3.05, 3.63) is 81.6 Å². The monoisotopic (exact) mass is 392 g/mol. The Labute approximate surface area is 159 Å². The van der Waals surface area contributed by atoms with Gasteiger partial charge in [0.15, 0.2) is 5.75 Å². The van der Waals surface area contributed by atoms with Crippen molar-refractivity contribution in [2.24, 2.45) is 0 Å². The number of hydrogen-bond donors (Lipinski definition) is 1. The summed E-state index contributed by atoms with van der Waals surface area (Å²) in [4.78, 5) is 16.4. The molecule has 3 aromatic rings. The van der Waals surface area contributed by atoms with Crippen LogP contribution in [0.4, 0.5) is 5.69 Å². The molecule has 1 N–H and O–H groups in total. The summed E-state index contributed by atoms with van der Waals surface area (Å²) in [7, 11) is 0. The zero-order chi connectivity index (χ0) is 17.8. The second-order valence-corrected chi connectivity index (χ2v) is 6.15. The summed E-state index contributed by atoms with van der Waals surface area (Å²) in [6, 6.07) is 17.0. The van der Waals surface area contributed by atoms with E-state index < -0.39 is 5.91 Å². The number of carbonyl (C=O) groups is 1. The van der Waals surface area contributed by atoms with Crippen molar-refractivity contribution in [2.45, 2.75) is 0 Å². The fourth-order valence-electron chi connectivity index (χ4n) is 2.06. The van der Waals surface area contributed by atoms with Crippen molar-refractivity contribution in [2.75, 3.05) is 5.32 Å². The van der Waals surface area contributed by atoms with Gasteiger partial charge >= 0.3 is 0 Å². The number of pyridine rings is 1. The number of amides is 1. The molecule has 25 heavy (non-hydrogen) atoms. The van der Waals surface area contributed by atoms with Crippen molar-refractivity contribution in [3.63, 3.8) is 0 Å². The topological polar surface area (TPSA) is 51.2 Å². The Bertz CT molecular complexity index is 932. The van der Waals surface area contributed by atoms with E-state index in [0.717, 1.165) is 0 Å². The molecule has 0 aliphatic heterocycles. The van der Waals surface area contributed by atoms with Gasteiger partial charge in [-0.3, -0.25) is 4.79 Å². The van der Waals surface area contributed by atoms with Crippen LogP contribution in [0.2, 0.25) is 15.2 Å². The molecular weight excluding hydrogens is 383 g/mol. The van der Waals surface area contributed by atoms with E-state index in [-0.39, 0.29) is 15.9 Å². The normalized spacial score (nSPS) is 10.4. The van der Waals surface area contributed by atoms with Crippen molar-refractivity contribution >= 4 is 46.4 Å². The van der Waals surface area contributed by atoms with E-state index in [1.807, 2.05) is 0 Å². The highest BCUT2D eigenvalue weighted by atomic mass is 35.5. The minimum Gasteiger partial charge on any atom is -0.454 e. The van der Waals surface area contributed by atoms with Crippen LogP contribution in [-0.4, -0.2) is 10.9 Å². The van der Waals surface area contributed by atoms with Crippen LogP contribution in [0, 0.1) is 0 Å². The predicted octanol–water partition coefficient (Wildman–Crippen LogP) is 6.09. The third-order valence-corrected chi connectivity index (χ3v) is 4.05. The predicted molar refractivity (Wildman–Crippen MR) is 100 cm³/mol. The van der Waals surface area contributed by atoms with Gasteiger partial charge in [-0.25, -0.2) is 4.98 Å². The molecule has 3 rings (SSSR count). The summed E-state index contributed by atoms with van der Waals surface area (Å²) in [6.07, 6.45) is 0. The van der Waals surface area contributed by atoms with E-state index in [2.05, 4.69) is 10.3 Å². The first kappa shape index (κ1) is 17.5. The lowest BCUT2D eigenvalue weighted by Crippen LogP contribution is -2.15. The smallest absolute Gasteiger partial charge is 0.275 e. The van der Waals surface area contributed by atoms with Crippen LogP contribution in [0.1, 0.15) is 10.5 Å². The van der Waals surface area contributed by atoms with Crippen LogP contribution in [0.25, 0.3) is 0 Å². The molecule has 0 bridgehead atoms. The first-order valence-corrected chi connectivity index (χ1v) is 8.33. The number of hydrogen-bond acceptors (Lipinski definition) is 3. The molecule has 0 aliphatic carbocycles. The van der Waals surface area contributed by atoms with Crippen molar-refractivity contribution in [3.8, 4) is 11.5 Å². The molecule has 1 amide bonds. The van der Waals surface area contributed by atoms with Crippen LogP contribution < -0.4 is 10.1 Å². The summed E-state index contributed by atoms with van der Waals surface area (Å²) >= 11 is 18.0. The van der Waals surface area contributed by atoms with Gasteiger partial charge in [-0.1, -0.05) is 59.1 Å². The molecule has 4 nitrogen and oxygen atoms in total. The highest BCUT2D eigenvalue weighted by Crippen LogP contribution is 2.33. The molecule has 0 unspecified atom stereocenters. The quantitative estimate of drug-likeness (QED) is 0.546. The molecule has 1 heterocycles. The molecule has 126 valence electrons. The van der Waals surface area contributed by atoms with Gasteiger partial charge < -0.3 is 10.1 Å². The lowest BCUT2D eigenvalue weighted by Gasteiger charge is -2.13. The molecule has 2 aromatic carbocycles. The van der Waals surface area contributed by atoms with Gasteiger partial charge in [-0.05, 0) is 36.4 Å². The Morgan fingerprint density at radius 2 is 1.52 bits per heavy atom. The van der Waals surface area contributed by atoms with Gasteiger partial charge in [-0.15, -0.1) is 0 Å².